The summed E-state index contributed by atoms with van der Waals surface area (Å²) in [6, 6.07) is 9.92. The quantitative estimate of drug-likeness (QED) is 0.887. The van der Waals surface area contributed by atoms with E-state index < -0.39 is 5.92 Å². The molecule has 126 valence electrons. The molecule has 2 heterocycles. The molecule has 3 rings (SSSR count). The van der Waals surface area contributed by atoms with Crippen LogP contribution in [0.2, 0.25) is 0 Å². The van der Waals surface area contributed by atoms with Crippen molar-refractivity contribution < 1.29 is 4.79 Å². The highest BCUT2D eigenvalue weighted by Crippen LogP contribution is 2.42. The van der Waals surface area contributed by atoms with E-state index in [4.69, 9.17) is 11.0 Å². The molecule has 1 unspecified atom stereocenters. The Bertz CT molecular complexity index is 887. The number of rotatable bonds is 2. The first-order valence-electron chi connectivity index (χ1n) is 7.78. The zero-order valence-electron chi connectivity index (χ0n) is 14.1. The van der Waals surface area contributed by atoms with E-state index >= 15 is 0 Å². The van der Waals surface area contributed by atoms with Crippen molar-refractivity contribution in [3.63, 3.8) is 0 Å². The summed E-state index contributed by atoms with van der Waals surface area (Å²) in [5, 5.41) is 10.9. The van der Waals surface area contributed by atoms with Gasteiger partial charge in [-0.15, -0.1) is 0 Å². The zero-order valence-corrected chi connectivity index (χ0v) is 14.9. The molecule has 1 aromatic carbocycles. The molecule has 0 saturated carbocycles. The Kier molecular flexibility index (Phi) is 4.51. The van der Waals surface area contributed by atoms with Gasteiger partial charge in [-0.25, -0.2) is 4.99 Å². The number of allylic oxidation sites excluding steroid dienone is 3. The number of guanidine groups is 1. The summed E-state index contributed by atoms with van der Waals surface area (Å²) >= 11 is 1.44. The third-order valence-corrected chi connectivity index (χ3v) is 5.33. The molecule has 0 spiro atoms. The highest BCUT2D eigenvalue weighted by Gasteiger charge is 2.36. The van der Waals surface area contributed by atoms with Crippen LogP contribution in [0, 0.1) is 11.3 Å². The summed E-state index contributed by atoms with van der Waals surface area (Å²) in [5.74, 6) is -0.470. The number of hydrogen-bond acceptors (Lipinski definition) is 5. The lowest BCUT2D eigenvalue weighted by Gasteiger charge is -2.30. The Morgan fingerprint density at radius 2 is 2.12 bits per heavy atom. The van der Waals surface area contributed by atoms with E-state index in [1.54, 1.807) is 12.5 Å². The van der Waals surface area contributed by atoms with Gasteiger partial charge in [0.2, 0.25) is 11.9 Å². The molecule has 2 aliphatic heterocycles. The van der Waals surface area contributed by atoms with Crippen molar-refractivity contribution in [2.45, 2.75) is 19.3 Å². The second kappa shape index (κ2) is 6.61. The Hall–Kier alpha value is -2.78. The van der Waals surface area contributed by atoms with Gasteiger partial charge in [0.1, 0.15) is 5.92 Å². The number of thioether (sulfide) groups is 1. The van der Waals surface area contributed by atoms with Gasteiger partial charge in [0.15, 0.2) is 0 Å². The highest BCUT2D eigenvalue weighted by molar-refractivity contribution is 8.06. The summed E-state index contributed by atoms with van der Waals surface area (Å²) < 4.78 is 0. The smallest absolute Gasteiger partial charge is 0.242 e. The summed E-state index contributed by atoms with van der Waals surface area (Å²) in [5.41, 5.74) is 10.1. The van der Waals surface area contributed by atoms with Gasteiger partial charge in [-0.3, -0.25) is 9.69 Å². The molecule has 5 nitrogen and oxygen atoms in total. The van der Waals surface area contributed by atoms with Gasteiger partial charge < -0.3 is 5.73 Å². The third-order valence-electron chi connectivity index (χ3n) is 4.29. The van der Waals surface area contributed by atoms with Gasteiger partial charge in [-0.1, -0.05) is 48.2 Å². The van der Waals surface area contributed by atoms with Gasteiger partial charge >= 0.3 is 0 Å². The van der Waals surface area contributed by atoms with E-state index in [0.29, 0.717) is 17.7 Å². The van der Waals surface area contributed by atoms with E-state index in [2.05, 4.69) is 17.6 Å². The number of nitriles is 1. The number of nitrogens with two attached hydrogens (primary N) is 1. The van der Waals surface area contributed by atoms with Crippen molar-refractivity contribution in [1.82, 2.24) is 4.90 Å². The molecule has 0 radical (unpaired) electrons. The van der Waals surface area contributed by atoms with Crippen LogP contribution in [0.15, 0.2) is 57.4 Å². The van der Waals surface area contributed by atoms with Crippen molar-refractivity contribution in [3.8, 4) is 6.07 Å². The number of amides is 1. The number of carbonyl (C=O) groups is 1. The minimum absolute atomic E-state index is 0.121. The minimum Gasteiger partial charge on any atom is -0.369 e. The Morgan fingerprint density at radius 3 is 2.68 bits per heavy atom. The molecule has 0 aliphatic carbocycles. The van der Waals surface area contributed by atoms with Crippen LogP contribution >= 0.6 is 11.8 Å². The molecule has 6 heteroatoms. The molecule has 1 atom stereocenters. The van der Waals surface area contributed by atoms with Crippen LogP contribution in [0.5, 0.6) is 0 Å². The molecular formula is C19H18N4OS. The molecule has 0 saturated heterocycles. The number of benzene rings is 1. The molecule has 0 aromatic heterocycles. The largest absolute Gasteiger partial charge is 0.369 e. The van der Waals surface area contributed by atoms with E-state index in [1.165, 1.54) is 16.7 Å². The van der Waals surface area contributed by atoms with Crippen molar-refractivity contribution >= 4 is 29.2 Å². The summed E-state index contributed by atoms with van der Waals surface area (Å²) in [6.07, 6.45) is 0.491. The number of carbonyl (C=O) groups excluding carboxylic acids is 1. The standard InChI is InChI=1S/C19H18N4OS/c1-11(2)13-4-6-14(7-5-13)16-17(15-8-12(9-20)10-25-15)22-19(21)23(3)18(16)24/h4-7,10,16H,1,8H2,2-3H3,(H2,21,22)/b17-15+. The maximum atomic E-state index is 12.9. The summed E-state index contributed by atoms with van der Waals surface area (Å²) in [6.45, 7) is 5.88. The molecule has 0 fully saturated rings. The average Bonchev–Trinajstić information content (AvgIpc) is 3.08. The van der Waals surface area contributed by atoms with Crippen LogP contribution in [0.3, 0.4) is 0 Å². The Labute approximate surface area is 151 Å². The molecular weight excluding hydrogens is 332 g/mol. The van der Waals surface area contributed by atoms with Gasteiger partial charge in [0, 0.05) is 23.9 Å². The maximum Gasteiger partial charge on any atom is 0.242 e. The van der Waals surface area contributed by atoms with Crippen molar-refractivity contribution in [2.75, 3.05) is 7.05 Å². The second-order valence-corrected chi connectivity index (χ2v) is 7.02. The fourth-order valence-electron chi connectivity index (χ4n) is 2.79. The molecule has 25 heavy (non-hydrogen) atoms. The maximum absolute atomic E-state index is 12.9. The van der Waals surface area contributed by atoms with E-state index in [-0.39, 0.29) is 11.9 Å². The fraction of sp³-hybridized carbons (Fsp3) is 0.211. The van der Waals surface area contributed by atoms with Crippen LogP contribution in [-0.4, -0.2) is 23.8 Å². The lowest BCUT2D eigenvalue weighted by molar-refractivity contribution is -0.127. The lowest BCUT2D eigenvalue weighted by atomic mass is 9.91. The van der Waals surface area contributed by atoms with Gasteiger partial charge in [0.05, 0.1) is 11.8 Å². The number of likely N-dealkylation sites (N-methyl/N-ethyl adjacent to an activating group) is 1. The molecule has 1 aromatic rings. The summed E-state index contributed by atoms with van der Waals surface area (Å²) in [7, 11) is 1.62. The topological polar surface area (TPSA) is 82.5 Å². The normalized spacial score (nSPS) is 23.2. The van der Waals surface area contributed by atoms with Crippen LogP contribution in [0.25, 0.3) is 5.57 Å². The molecule has 1 amide bonds. The van der Waals surface area contributed by atoms with Crippen LogP contribution in [-0.2, 0) is 4.79 Å². The van der Waals surface area contributed by atoms with Crippen LogP contribution < -0.4 is 5.73 Å². The average molecular weight is 350 g/mol. The van der Waals surface area contributed by atoms with E-state index in [9.17, 15) is 4.79 Å². The molecule has 2 N–H and O–H groups in total. The predicted molar refractivity (Wildman–Crippen MR) is 101 cm³/mol. The van der Waals surface area contributed by atoms with Crippen LogP contribution in [0.4, 0.5) is 0 Å². The first-order valence-corrected chi connectivity index (χ1v) is 8.66. The number of aliphatic imine (C=N–C) groups is 1. The fourth-order valence-corrected chi connectivity index (χ4v) is 3.73. The third kappa shape index (κ3) is 3.11. The van der Waals surface area contributed by atoms with E-state index in [1.807, 2.05) is 31.2 Å². The van der Waals surface area contributed by atoms with Crippen molar-refractivity contribution in [3.05, 3.63) is 63.6 Å². The second-order valence-electron chi connectivity index (χ2n) is 6.06. The zero-order chi connectivity index (χ0) is 18.1. The molecule has 2 aliphatic rings. The van der Waals surface area contributed by atoms with Gasteiger partial charge in [-0.2, -0.15) is 5.26 Å². The summed E-state index contributed by atoms with van der Waals surface area (Å²) in [4.78, 5) is 19.6. The Morgan fingerprint density at radius 1 is 1.44 bits per heavy atom. The minimum atomic E-state index is -0.523. The predicted octanol–water partition coefficient (Wildman–Crippen LogP) is 3.35. The van der Waals surface area contributed by atoms with Crippen molar-refractivity contribution in [2.24, 2.45) is 10.7 Å². The number of hydrogen-bond donors (Lipinski definition) is 1. The lowest BCUT2D eigenvalue weighted by Crippen LogP contribution is -2.45. The van der Waals surface area contributed by atoms with Crippen LogP contribution in [0.1, 0.15) is 30.4 Å². The SMILES string of the molecule is C=C(C)c1ccc(C2C(=O)N(C)C(N)=N/C2=C2\CC(C#N)=CS2)cc1. The first-order chi connectivity index (χ1) is 11.9. The first kappa shape index (κ1) is 17.1. The Balaban J connectivity index is 2.08. The number of nitrogens with zero attached hydrogens (tertiary/aromatic N) is 3. The van der Waals surface area contributed by atoms with Gasteiger partial charge in [-0.05, 0) is 23.5 Å². The monoisotopic (exact) mass is 350 g/mol. The molecule has 0 bridgehead atoms. The van der Waals surface area contributed by atoms with Crippen molar-refractivity contribution in [1.29, 1.82) is 5.26 Å². The highest BCUT2D eigenvalue weighted by atomic mass is 32.2. The van der Waals surface area contributed by atoms with E-state index in [0.717, 1.165) is 21.6 Å². The van der Waals surface area contributed by atoms with Gasteiger partial charge in [0.25, 0.3) is 0 Å².